The number of nitrogen functional groups attached to an aromatic ring is 2. The van der Waals surface area contributed by atoms with Crippen LogP contribution in [0.2, 0.25) is 0 Å². The molecule has 0 bridgehead atoms. The second-order valence-electron chi connectivity index (χ2n) is 6.52. The molecule has 0 fully saturated rings. The molecule has 0 radical (unpaired) electrons. The van der Waals surface area contributed by atoms with Crippen LogP contribution < -0.4 is 31.6 Å². The largest absolute Gasteiger partial charge is 0.457 e. The third kappa shape index (κ3) is 5.28. The lowest BCUT2D eigenvalue weighted by Gasteiger charge is -2.09. The Morgan fingerprint density at radius 2 is 0.897 bits per heavy atom. The van der Waals surface area contributed by atoms with Gasteiger partial charge in [-0.1, -0.05) is 45.0 Å². The van der Waals surface area contributed by atoms with E-state index in [1.54, 1.807) is 0 Å². The lowest BCUT2D eigenvalue weighted by atomic mass is 10.3. The SMILES string of the molecule is Nc1cccc(Oc2ccc(Pc3ccc(Oc4cccc(N)c4)cc3)cc2)c1. The second kappa shape index (κ2) is 8.68. The molecule has 144 valence electrons. The predicted octanol–water partition coefficient (Wildman–Crippen LogP) is 5.06. The van der Waals surface area contributed by atoms with E-state index in [1.165, 1.54) is 10.6 Å². The first-order chi connectivity index (χ1) is 14.1. The normalized spacial score (nSPS) is 10.5. The molecule has 0 heterocycles. The molecule has 0 aliphatic carbocycles. The van der Waals surface area contributed by atoms with E-state index >= 15 is 0 Å². The first-order valence-electron chi connectivity index (χ1n) is 9.18. The summed E-state index contributed by atoms with van der Waals surface area (Å²) in [7, 11) is 0.550. The molecule has 4 aromatic rings. The highest BCUT2D eigenvalue weighted by Crippen LogP contribution is 2.25. The molecule has 4 N–H and O–H groups in total. The zero-order valence-corrected chi connectivity index (χ0v) is 16.7. The van der Waals surface area contributed by atoms with Crippen molar-refractivity contribution < 1.29 is 9.47 Å². The van der Waals surface area contributed by atoms with Crippen molar-refractivity contribution >= 4 is 30.6 Å². The molecule has 0 aliphatic heterocycles. The van der Waals surface area contributed by atoms with E-state index < -0.39 is 0 Å². The zero-order chi connectivity index (χ0) is 20.1. The van der Waals surface area contributed by atoms with E-state index in [0.29, 0.717) is 20.0 Å². The first-order valence-corrected chi connectivity index (χ1v) is 10.2. The van der Waals surface area contributed by atoms with Crippen molar-refractivity contribution in [1.29, 1.82) is 0 Å². The Labute approximate surface area is 171 Å². The number of anilines is 2. The zero-order valence-electron chi connectivity index (χ0n) is 15.7. The maximum Gasteiger partial charge on any atom is 0.129 e. The van der Waals surface area contributed by atoms with Gasteiger partial charge in [0.05, 0.1) is 0 Å². The Morgan fingerprint density at radius 1 is 0.483 bits per heavy atom. The smallest absolute Gasteiger partial charge is 0.129 e. The number of rotatable bonds is 6. The Bertz CT molecular complexity index is 1010. The standard InChI is InChI=1S/C24H21N2O2P/c25-17-3-1-5-21(15-17)27-19-7-11-23(12-8-19)29-24-13-9-20(10-14-24)28-22-6-2-4-18(26)16-22/h1-16,29H,25-26H2. The molecule has 0 spiro atoms. The Hall–Kier alpha value is -3.49. The van der Waals surface area contributed by atoms with Gasteiger partial charge in [-0.2, -0.15) is 0 Å². The third-order valence-electron chi connectivity index (χ3n) is 4.18. The van der Waals surface area contributed by atoms with Gasteiger partial charge in [-0.25, -0.2) is 0 Å². The Balaban J connectivity index is 1.37. The summed E-state index contributed by atoms with van der Waals surface area (Å²) in [5.41, 5.74) is 12.9. The van der Waals surface area contributed by atoms with Crippen LogP contribution in [-0.4, -0.2) is 0 Å². The van der Waals surface area contributed by atoms with Crippen molar-refractivity contribution in [3.8, 4) is 23.0 Å². The van der Waals surface area contributed by atoms with Crippen molar-refractivity contribution in [2.75, 3.05) is 11.5 Å². The molecule has 4 rings (SSSR count). The van der Waals surface area contributed by atoms with E-state index in [-0.39, 0.29) is 0 Å². The first kappa shape index (κ1) is 18.9. The van der Waals surface area contributed by atoms with Crippen molar-refractivity contribution in [1.82, 2.24) is 0 Å². The van der Waals surface area contributed by atoms with Crippen molar-refractivity contribution in [2.24, 2.45) is 0 Å². The van der Waals surface area contributed by atoms with Gasteiger partial charge in [-0.3, -0.25) is 0 Å². The van der Waals surface area contributed by atoms with Crippen molar-refractivity contribution in [2.45, 2.75) is 0 Å². The fourth-order valence-corrected chi connectivity index (χ4v) is 3.81. The fourth-order valence-electron chi connectivity index (χ4n) is 2.81. The minimum absolute atomic E-state index is 0.550. The molecule has 0 saturated heterocycles. The monoisotopic (exact) mass is 400 g/mol. The Morgan fingerprint density at radius 3 is 1.28 bits per heavy atom. The van der Waals surface area contributed by atoms with Crippen LogP contribution in [-0.2, 0) is 0 Å². The lowest BCUT2D eigenvalue weighted by molar-refractivity contribution is 0.483. The number of ether oxygens (including phenoxy) is 2. The lowest BCUT2D eigenvalue weighted by Crippen LogP contribution is -2.02. The van der Waals surface area contributed by atoms with E-state index in [2.05, 4.69) is 24.3 Å². The molecule has 5 heteroatoms. The van der Waals surface area contributed by atoms with Crippen molar-refractivity contribution in [3.63, 3.8) is 0 Å². The highest BCUT2D eigenvalue weighted by Gasteiger charge is 2.02. The maximum absolute atomic E-state index is 5.84. The highest BCUT2D eigenvalue weighted by molar-refractivity contribution is 7.55. The molecule has 0 saturated carbocycles. The molecule has 0 atom stereocenters. The van der Waals surface area contributed by atoms with Gasteiger partial charge < -0.3 is 20.9 Å². The molecule has 0 unspecified atom stereocenters. The highest BCUT2D eigenvalue weighted by atomic mass is 31.1. The van der Waals surface area contributed by atoms with Crippen LogP contribution in [0.5, 0.6) is 23.0 Å². The van der Waals surface area contributed by atoms with Gasteiger partial charge in [0.2, 0.25) is 0 Å². The molecule has 29 heavy (non-hydrogen) atoms. The number of benzene rings is 4. The number of hydrogen-bond acceptors (Lipinski definition) is 4. The fraction of sp³-hybridized carbons (Fsp3) is 0. The minimum atomic E-state index is 0.550. The molecular weight excluding hydrogens is 379 g/mol. The van der Waals surface area contributed by atoms with Crippen molar-refractivity contribution in [3.05, 3.63) is 97.1 Å². The summed E-state index contributed by atoms with van der Waals surface area (Å²) in [5.74, 6) is 3.04. The number of nitrogens with two attached hydrogens (primary N) is 2. The molecule has 0 aromatic heterocycles. The van der Waals surface area contributed by atoms with E-state index in [0.717, 1.165) is 23.0 Å². The summed E-state index contributed by atoms with van der Waals surface area (Å²) < 4.78 is 11.7. The summed E-state index contributed by atoms with van der Waals surface area (Å²) in [6.07, 6.45) is 0. The molecule has 0 amide bonds. The predicted molar refractivity (Wildman–Crippen MR) is 122 cm³/mol. The molecule has 4 aromatic carbocycles. The summed E-state index contributed by atoms with van der Waals surface area (Å²) in [4.78, 5) is 0. The maximum atomic E-state index is 5.84. The average Bonchev–Trinajstić information content (AvgIpc) is 2.71. The number of hydrogen-bond donors (Lipinski definition) is 2. The van der Waals surface area contributed by atoms with Gasteiger partial charge in [0.25, 0.3) is 0 Å². The summed E-state index contributed by atoms with van der Waals surface area (Å²) in [6, 6.07) is 31.0. The molecule has 4 nitrogen and oxygen atoms in total. The van der Waals surface area contributed by atoms with Gasteiger partial charge in [0.15, 0.2) is 0 Å². The van der Waals surface area contributed by atoms with E-state index in [4.69, 9.17) is 20.9 Å². The minimum Gasteiger partial charge on any atom is -0.457 e. The summed E-state index contributed by atoms with van der Waals surface area (Å²) in [5, 5.41) is 2.46. The van der Waals surface area contributed by atoms with Crippen LogP contribution in [0.15, 0.2) is 97.1 Å². The van der Waals surface area contributed by atoms with E-state index in [1.807, 2.05) is 72.8 Å². The second-order valence-corrected chi connectivity index (χ2v) is 7.93. The van der Waals surface area contributed by atoms with E-state index in [9.17, 15) is 0 Å². The van der Waals surface area contributed by atoms with Gasteiger partial charge in [-0.15, -0.1) is 0 Å². The summed E-state index contributed by atoms with van der Waals surface area (Å²) >= 11 is 0. The van der Waals surface area contributed by atoms with Crippen LogP contribution in [0.3, 0.4) is 0 Å². The van der Waals surface area contributed by atoms with Crippen LogP contribution in [0.1, 0.15) is 0 Å². The molecular formula is C24H21N2O2P. The van der Waals surface area contributed by atoms with Crippen LogP contribution in [0.25, 0.3) is 0 Å². The van der Waals surface area contributed by atoms with Crippen LogP contribution in [0.4, 0.5) is 11.4 Å². The topological polar surface area (TPSA) is 70.5 Å². The van der Waals surface area contributed by atoms with Crippen LogP contribution in [0, 0.1) is 0 Å². The van der Waals surface area contributed by atoms with Gasteiger partial charge in [0, 0.05) is 23.5 Å². The summed E-state index contributed by atoms with van der Waals surface area (Å²) in [6.45, 7) is 0. The third-order valence-corrected chi connectivity index (χ3v) is 5.43. The van der Waals surface area contributed by atoms with Crippen LogP contribution >= 0.6 is 8.58 Å². The molecule has 0 aliphatic rings. The quantitative estimate of drug-likeness (QED) is 0.350. The van der Waals surface area contributed by atoms with Gasteiger partial charge in [-0.05, 0) is 59.1 Å². The van der Waals surface area contributed by atoms with Gasteiger partial charge >= 0.3 is 0 Å². The Kier molecular flexibility index (Phi) is 5.64. The van der Waals surface area contributed by atoms with Gasteiger partial charge in [0.1, 0.15) is 23.0 Å². The average molecular weight is 400 g/mol.